The van der Waals surface area contributed by atoms with Crippen molar-refractivity contribution in [2.45, 2.75) is 6.42 Å². The molecule has 5 rings (SSSR count). The molecule has 0 aliphatic carbocycles. The molecule has 0 atom stereocenters. The molecule has 170 valence electrons. The van der Waals surface area contributed by atoms with Crippen LogP contribution in [0.25, 0.3) is 26.8 Å². The lowest BCUT2D eigenvalue weighted by atomic mass is 10.0. The number of carbonyl (C=O) groups excluding carboxylic acids is 1. The summed E-state index contributed by atoms with van der Waals surface area (Å²) in [5.41, 5.74) is 8.01. The zero-order valence-electron chi connectivity index (χ0n) is 18.8. The van der Waals surface area contributed by atoms with Crippen LogP contribution in [0.4, 0.5) is 16.2 Å². The lowest BCUT2D eigenvalue weighted by Gasteiger charge is -2.26. The lowest BCUT2D eigenvalue weighted by Crippen LogP contribution is -2.44. The SMILES string of the molecule is CN(C)CCNC(=O)N1CC=C(c2cc3c(Nc4ccc5ncsc5c4)ccnc3[nH]2)CC1. The van der Waals surface area contributed by atoms with Gasteiger partial charge in [-0.1, -0.05) is 6.08 Å². The van der Waals surface area contributed by atoms with Crippen LogP contribution in [0.2, 0.25) is 0 Å². The number of benzene rings is 1. The highest BCUT2D eigenvalue weighted by Crippen LogP contribution is 2.31. The minimum absolute atomic E-state index is 0.00476. The Kier molecular flexibility index (Phi) is 5.97. The molecule has 0 bridgehead atoms. The van der Waals surface area contributed by atoms with E-state index in [1.165, 1.54) is 5.57 Å². The van der Waals surface area contributed by atoms with Gasteiger partial charge in [-0.25, -0.2) is 14.8 Å². The average molecular weight is 462 g/mol. The number of urea groups is 1. The number of anilines is 2. The van der Waals surface area contributed by atoms with Crippen LogP contribution in [0.15, 0.2) is 48.1 Å². The lowest BCUT2D eigenvalue weighted by molar-refractivity contribution is 0.202. The molecule has 4 heterocycles. The van der Waals surface area contributed by atoms with E-state index in [0.29, 0.717) is 19.6 Å². The standard InChI is InChI=1S/C24H27N7OS/c1-30(2)12-9-26-24(32)31-10-6-16(7-11-31)21-14-18-19(5-8-25-23(18)29-21)28-17-3-4-20-22(13-17)33-15-27-20/h3-6,8,13-15H,7,9-12H2,1-2H3,(H,26,32)(H2,25,28,29). The molecule has 0 fully saturated rings. The maximum Gasteiger partial charge on any atom is 0.317 e. The topological polar surface area (TPSA) is 89.2 Å². The number of carbonyl (C=O) groups is 1. The Morgan fingerprint density at radius 2 is 2.15 bits per heavy atom. The third kappa shape index (κ3) is 4.69. The maximum absolute atomic E-state index is 12.4. The number of aromatic amines is 1. The summed E-state index contributed by atoms with van der Waals surface area (Å²) in [6, 6.07) is 10.3. The van der Waals surface area contributed by atoms with Crippen molar-refractivity contribution in [3.8, 4) is 0 Å². The zero-order valence-corrected chi connectivity index (χ0v) is 19.6. The molecule has 2 amide bonds. The minimum Gasteiger partial charge on any atom is -0.355 e. The van der Waals surface area contributed by atoms with Crippen LogP contribution in [0.5, 0.6) is 0 Å². The second-order valence-electron chi connectivity index (χ2n) is 8.42. The quantitative estimate of drug-likeness (QED) is 0.399. The van der Waals surface area contributed by atoms with E-state index < -0.39 is 0 Å². The van der Waals surface area contributed by atoms with Crippen LogP contribution in [0.1, 0.15) is 12.1 Å². The Morgan fingerprint density at radius 3 is 2.97 bits per heavy atom. The first-order valence-electron chi connectivity index (χ1n) is 11.0. The highest BCUT2D eigenvalue weighted by molar-refractivity contribution is 7.16. The van der Waals surface area contributed by atoms with Crippen molar-refractivity contribution >= 4 is 55.6 Å². The normalized spacial score (nSPS) is 14.2. The molecule has 1 aliphatic rings. The molecule has 4 aromatic rings. The first kappa shape index (κ1) is 21.4. The van der Waals surface area contributed by atoms with Gasteiger partial charge in [0.05, 0.1) is 21.4 Å². The summed E-state index contributed by atoms with van der Waals surface area (Å²) in [6.45, 7) is 2.78. The molecule has 0 radical (unpaired) electrons. The molecular weight excluding hydrogens is 434 g/mol. The van der Waals surface area contributed by atoms with Gasteiger partial charge in [-0.2, -0.15) is 0 Å². The van der Waals surface area contributed by atoms with Gasteiger partial charge in [0, 0.05) is 49.1 Å². The molecule has 0 spiro atoms. The van der Waals surface area contributed by atoms with Gasteiger partial charge < -0.3 is 25.4 Å². The number of fused-ring (bicyclic) bond motifs is 2. The second kappa shape index (κ2) is 9.21. The molecule has 1 aromatic carbocycles. The fourth-order valence-corrected chi connectivity index (χ4v) is 4.71. The number of thiazole rings is 1. The third-order valence-corrected chi connectivity index (χ3v) is 6.61. The van der Waals surface area contributed by atoms with Crippen molar-refractivity contribution in [1.82, 2.24) is 30.1 Å². The highest BCUT2D eigenvalue weighted by Gasteiger charge is 2.19. The van der Waals surface area contributed by atoms with Crippen molar-refractivity contribution in [3.05, 3.63) is 53.8 Å². The average Bonchev–Trinajstić information content (AvgIpc) is 3.46. The monoisotopic (exact) mass is 461 g/mol. The van der Waals surface area contributed by atoms with E-state index in [1.807, 2.05) is 48.9 Å². The minimum atomic E-state index is -0.00476. The van der Waals surface area contributed by atoms with Gasteiger partial charge in [0.25, 0.3) is 0 Å². The number of nitrogens with one attached hydrogen (secondary N) is 3. The number of hydrogen-bond acceptors (Lipinski definition) is 6. The molecule has 9 heteroatoms. The summed E-state index contributed by atoms with van der Waals surface area (Å²) >= 11 is 1.63. The van der Waals surface area contributed by atoms with E-state index in [4.69, 9.17) is 0 Å². The Labute approximate surface area is 196 Å². The Morgan fingerprint density at radius 1 is 1.24 bits per heavy atom. The van der Waals surface area contributed by atoms with E-state index in [2.05, 4.69) is 48.7 Å². The predicted molar refractivity (Wildman–Crippen MR) is 135 cm³/mol. The first-order chi connectivity index (χ1) is 16.1. The second-order valence-corrected chi connectivity index (χ2v) is 9.31. The van der Waals surface area contributed by atoms with E-state index in [-0.39, 0.29) is 6.03 Å². The number of nitrogens with zero attached hydrogens (tertiary/aromatic N) is 4. The van der Waals surface area contributed by atoms with Crippen molar-refractivity contribution in [2.24, 2.45) is 0 Å². The number of hydrogen-bond donors (Lipinski definition) is 3. The van der Waals surface area contributed by atoms with Crippen LogP contribution in [-0.4, -0.2) is 71.1 Å². The van der Waals surface area contributed by atoms with Crippen molar-refractivity contribution in [2.75, 3.05) is 45.6 Å². The summed E-state index contributed by atoms with van der Waals surface area (Å²) in [7, 11) is 4.00. The Hall–Kier alpha value is -3.43. The summed E-state index contributed by atoms with van der Waals surface area (Å²) in [5, 5.41) is 7.56. The molecule has 0 saturated heterocycles. The number of rotatable bonds is 6. The van der Waals surface area contributed by atoms with Crippen LogP contribution >= 0.6 is 11.3 Å². The summed E-state index contributed by atoms with van der Waals surface area (Å²) in [6.07, 6.45) is 4.74. The molecular formula is C24H27N7OS. The fraction of sp³-hybridized carbons (Fsp3) is 0.292. The van der Waals surface area contributed by atoms with Gasteiger partial charge in [0.1, 0.15) is 5.65 Å². The largest absolute Gasteiger partial charge is 0.355 e. The number of likely N-dealkylation sites (N-methyl/N-ethyl adjacent to an activating group) is 1. The number of H-pyrrole nitrogens is 1. The molecule has 8 nitrogen and oxygen atoms in total. The van der Waals surface area contributed by atoms with E-state index in [0.717, 1.165) is 51.3 Å². The van der Waals surface area contributed by atoms with Crippen molar-refractivity contribution < 1.29 is 4.79 Å². The van der Waals surface area contributed by atoms with Crippen molar-refractivity contribution in [1.29, 1.82) is 0 Å². The number of aromatic nitrogens is 3. The number of pyridine rings is 1. The highest BCUT2D eigenvalue weighted by atomic mass is 32.1. The van der Waals surface area contributed by atoms with Crippen LogP contribution in [0.3, 0.4) is 0 Å². The Bertz CT molecular complexity index is 1320. The van der Waals surface area contributed by atoms with Gasteiger partial charge in [0.15, 0.2) is 0 Å². The molecule has 1 aliphatic heterocycles. The maximum atomic E-state index is 12.4. The predicted octanol–water partition coefficient (Wildman–Crippen LogP) is 4.28. The van der Waals surface area contributed by atoms with Gasteiger partial charge in [0.2, 0.25) is 0 Å². The molecule has 33 heavy (non-hydrogen) atoms. The molecule has 3 N–H and O–H groups in total. The van der Waals surface area contributed by atoms with Crippen LogP contribution < -0.4 is 10.6 Å². The third-order valence-electron chi connectivity index (χ3n) is 5.82. The van der Waals surface area contributed by atoms with Gasteiger partial charge >= 0.3 is 6.03 Å². The smallest absolute Gasteiger partial charge is 0.317 e. The summed E-state index contributed by atoms with van der Waals surface area (Å²) < 4.78 is 1.16. The summed E-state index contributed by atoms with van der Waals surface area (Å²) in [5.74, 6) is 0. The molecule has 0 saturated carbocycles. The Balaban J connectivity index is 1.31. The molecule has 3 aromatic heterocycles. The van der Waals surface area contributed by atoms with Crippen LogP contribution in [0, 0.1) is 0 Å². The van der Waals surface area contributed by atoms with Gasteiger partial charge in [-0.15, -0.1) is 11.3 Å². The van der Waals surface area contributed by atoms with E-state index in [9.17, 15) is 4.79 Å². The fourth-order valence-electron chi connectivity index (χ4n) is 3.99. The summed E-state index contributed by atoms with van der Waals surface area (Å²) in [4.78, 5) is 28.6. The van der Waals surface area contributed by atoms with E-state index in [1.54, 1.807) is 11.3 Å². The van der Waals surface area contributed by atoms with Gasteiger partial charge in [-0.3, -0.25) is 0 Å². The molecule has 0 unspecified atom stereocenters. The number of amides is 2. The van der Waals surface area contributed by atoms with Crippen molar-refractivity contribution in [3.63, 3.8) is 0 Å². The van der Waals surface area contributed by atoms with Crippen LogP contribution in [-0.2, 0) is 0 Å². The van der Waals surface area contributed by atoms with Gasteiger partial charge in [-0.05, 0) is 56.4 Å². The van der Waals surface area contributed by atoms with E-state index >= 15 is 0 Å². The first-order valence-corrected chi connectivity index (χ1v) is 11.9. The zero-order chi connectivity index (χ0) is 22.8.